The fourth-order valence-electron chi connectivity index (χ4n) is 1.01. The summed E-state index contributed by atoms with van der Waals surface area (Å²) in [5, 5.41) is 0. The summed E-state index contributed by atoms with van der Waals surface area (Å²) in [6.45, 7) is 11.7. The monoisotopic (exact) mass is 177 g/mol. The van der Waals surface area contributed by atoms with Gasteiger partial charge in [0.25, 0.3) is 0 Å². The molecule has 68 valence electrons. The van der Waals surface area contributed by atoms with E-state index in [0.717, 1.165) is 13.2 Å². The fourth-order valence-corrected chi connectivity index (χ4v) is 2.37. The van der Waals surface area contributed by atoms with E-state index in [1.165, 1.54) is 13.0 Å². The van der Waals surface area contributed by atoms with E-state index in [1.807, 2.05) is 13.8 Å². The minimum absolute atomic E-state index is 0.201. The van der Waals surface area contributed by atoms with E-state index < -0.39 is 0 Å². The molecule has 0 bridgehead atoms. The molecule has 3 heteroatoms. The molecular weight excluding hydrogens is 157 g/mol. The Morgan fingerprint density at radius 3 is 2.45 bits per heavy atom. The van der Waals surface area contributed by atoms with Gasteiger partial charge in [-0.2, -0.15) is 0 Å². The second-order valence-electron chi connectivity index (χ2n) is 2.25. The van der Waals surface area contributed by atoms with Crippen LogP contribution in [0.3, 0.4) is 0 Å². The molecule has 0 aromatic rings. The van der Waals surface area contributed by atoms with Gasteiger partial charge >= 0.3 is 0 Å². The van der Waals surface area contributed by atoms with Gasteiger partial charge in [-0.3, -0.25) is 4.67 Å². The Labute approximate surface area is 71.8 Å². The average molecular weight is 177 g/mol. The summed E-state index contributed by atoms with van der Waals surface area (Å²) in [4.78, 5) is 0. The lowest BCUT2D eigenvalue weighted by Crippen LogP contribution is -2.14. The maximum Gasteiger partial charge on any atom is 0.101 e. The third-order valence-electron chi connectivity index (χ3n) is 1.51. The van der Waals surface area contributed by atoms with Crippen molar-refractivity contribution < 1.29 is 4.52 Å². The van der Waals surface area contributed by atoms with E-state index >= 15 is 0 Å². The van der Waals surface area contributed by atoms with E-state index in [9.17, 15) is 0 Å². The summed E-state index contributed by atoms with van der Waals surface area (Å²) in [6, 6.07) is 0. The second-order valence-corrected chi connectivity index (χ2v) is 4.00. The van der Waals surface area contributed by atoms with Crippen molar-refractivity contribution in [1.29, 1.82) is 0 Å². The van der Waals surface area contributed by atoms with Crippen LogP contribution < -0.4 is 0 Å². The predicted octanol–water partition coefficient (Wildman–Crippen LogP) is 2.70. The maximum absolute atomic E-state index is 5.41. The predicted molar refractivity (Wildman–Crippen MR) is 52.0 cm³/mol. The smallest absolute Gasteiger partial charge is 0.101 e. The van der Waals surface area contributed by atoms with Crippen LogP contribution in [-0.2, 0) is 4.52 Å². The van der Waals surface area contributed by atoms with Crippen molar-refractivity contribution in [2.75, 3.05) is 26.4 Å². The van der Waals surface area contributed by atoms with E-state index in [4.69, 9.17) is 4.52 Å². The molecule has 1 saturated heterocycles. The average Bonchev–Trinajstić information content (AvgIpc) is 2.42. The molecule has 1 fully saturated rings. The molecule has 0 saturated carbocycles. The molecule has 0 amide bonds. The first-order valence-corrected chi connectivity index (χ1v) is 6.12. The van der Waals surface area contributed by atoms with Crippen LogP contribution in [0.25, 0.3) is 0 Å². The molecule has 0 N–H and O–H groups in total. The summed E-state index contributed by atoms with van der Waals surface area (Å²) in [6.07, 6.45) is 1.25. The molecule has 1 unspecified atom stereocenters. The lowest BCUT2D eigenvalue weighted by atomic mass is 10.5. The van der Waals surface area contributed by atoms with Crippen LogP contribution >= 0.6 is 8.30 Å². The van der Waals surface area contributed by atoms with Crippen molar-refractivity contribution in [3.05, 3.63) is 0 Å². The van der Waals surface area contributed by atoms with E-state index in [2.05, 4.69) is 18.3 Å². The fraction of sp³-hybridized carbons (Fsp3) is 1.00. The molecule has 0 aromatic carbocycles. The molecule has 1 atom stereocenters. The van der Waals surface area contributed by atoms with Crippen LogP contribution in [0.5, 0.6) is 0 Å². The van der Waals surface area contributed by atoms with Gasteiger partial charge in [0.1, 0.15) is 8.30 Å². The Hall–Kier alpha value is 0.350. The van der Waals surface area contributed by atoms with Crippen LogP contribution in [0.15, 0.2) is 0 Å². The number of nitrogens with zero attached hydrogens (tertiary/aromatic N) is 1. The molecule has 0 spiro atoms. The van der Waals surface area contributed by atoms with Crippen molar-refractivity contribution in [3.8, 4) is 0 Å². The Balaban J connectivity index is 0.000000461. The summed E-state index contributed by atoms with van der Waals surface area (Å²) < 4.78 is 7.83. The largest absolute Gasteiger partial charge is 0.342 e. The molecule has 11 heavy (non-hydrogen) atoms. The Bertz CT molecular complexity index is 90.2. The zero-order valence-electron chi connectivity index (χ0n) is 8.13. The first-order chi connectivity index (χ1) is 5.34. The van der Waals surface area contributed by atoms with Gasteiger partial charge in [0.2, 0.25) is 0 Å². The van der Waals surface area contributed by atoms with Crippen LogP contribution in [0, 0.1) is 0 Å². The lowest BCUT2D eigenvalue weighted by molar-refractivity contribution is 0.391. The SMILES string of the molecule is CC.CCCN1CCOP1C. The van der Waals surface area contributed by atoms with Gasteiger partial charge in [0.15, 0.2) is 0 Å². The van der Waals surface area contributed by atoms with E-state index in [1.54, 1.807) is 0 Å². The second kappa shape index (κ2) is 7.02. The van der Waals surface area contributed by atoms with E-state index in [0.29, 0.717) is 0 Å². The lowest BCUT2D eigenvalue weighted by Gasteiger charge is -2.16. The quantitative estimate of drug-likeness (QED) is 0.601. The summed E-state index contributed by atoms with van der Waals surface area (Å²) in [5.41, 5.74) is 0. The molecule has 0 aromatic heterocycles. The standard InChI is InChI=1S/C6H14NOP.C2H6/c1-3-4-7-5-6-8-9(7)2;1-2/h3-6H2,1-2H3;1-2H3. The van der Waals surface area contributed by atoms with E-state index in [-0.39, 0.29) is 8.30 Å². The first kappa shape index (κ1) is 11.4. The number of hydrogen-bond acceptors (Lipinski definition) is 2. The summed E-state index contributed by atoms with van der Waals surface area (Å²) in [7, 11) is -0.201. The Kier molecular flexibility index (Phi) is 7.25. The van der Waals surface area contributed by atoms with Crippen molar-refractivity contribution >= 4 is 8.30 Å². The highest BCUT2D eigenvalue weighted by molar-refractivity contribution is 7.49. The number of rotatable bonds is 2. The minimum Gasteiger partial charge on any atom is -0.342 e. The van der Waals surface area contributed by atoms with Crippen molar-refractivity contribution in [2.24, 2.45) is 0 Å². The molecule has 2 nitrogen and oxygen atoms in total. The summed E-state index contributed by atoms with van der Waals surface area (Å²) >= 11 is 0. The molecular formula is C8H20NOP. The zero-order chi connectivity index (χ0) is 8.69. The van der Waals surface area contributed by atoms with Gasteiger partial charge in [-0.1, -0.05) is 20.8 Å². The third-order valence-corrected chi connectivity index (χ3v) is 3.26. The molecule has 1 aliphatic rings. The van der Waals surface area contributed by atoms with Crippen molar-refractivity contribution in [2.45, 2.75) is 27.2 Å². The van der Waals surface area contributed by atoms with Crippen molar-refractivity contribution in [3.63, 3.8) is 0 Å². The molecule has 1 rings (SSSR count). The maximum atomic E-state index is 5.41. The topological polar surface area (TPSA) is 12.5 Å². The highest BCUT2D eigenvalue weighted by Crippen LogP contribution is 2.41. The van der Waals surface area contributed by atoms with Crippen LogP contribution in [0.1, 0.15) is 27.2 Å². The zero-order valence-corrected chi connectivity index (χ0v) is 9.03. The van der Waals surface area contributed by atoms with Crippen molar-refractivity contribution in [1.82, 2.24) is 4.67 Å². The van der Waals surface area contributed by atoms with Crippen LogP contribution in [0.2, 0.25) is 0 Å². The van der Waals surface area contributed by atoms with Gasteiger partial charge in [0.05, 0.1) is 6.61 Å². The highest BCUT2D eigenvalue weighted by Gasteiger charge is 2.19. The van der Waals surface area contributed by atoms with Gasteiger partial charge in [-0.05, 0) is 13.1 Å². The first-order valence-electron chi connectivity index (χ1n) is 4.46. The van der Waals surface area contributed by atoms with Gasteiger partial charge in [-0.25, -0.2) is 0 Å². The Morgan fingerprint density at radius 2 is 2.09 bits per heavy atom. The minimum atomic E-state index is -0.201. The van der Waals surface area contributed by atoms with Crippen LogP contribution in [0.4, 0.5) is 0 Å². The van der Waals surface area contributed by atoms with Gasteiger partial charge in [-0.15, -0.1) is 0 Å². The van der Waals surface area contributed by atoms with Gasteiger partial charge in [0, 0.05) is 13.1 Å². The highest BCUT2D eigenvalue weighted by atomic mass is 31.2. The summed E-state index contributed by atoms with van der Waals surface area (Å²) in [5.74, 6) is 0. The molecule has 1 heterocycles. The molecule has 0 aliphatic carbocycles. The Morgan fingerprint density at radius 1 is 1.45 bits per heavy atom. The molecule has 1 aliphatic heterocycles. The van der Waals surface area contributed by atoms with Gasteiger partial charge < -0.3 is 4.52 Å². The number of hydrogen-bond donors (Lipinski definition) is 0. The molecule has 0 radical (unpaired) electrons. The van der Waals surface area contributed by atoms with Crippen LogP contribution in [-0.4, -0.2) is 31.0 Å². The normalized spacial score (nSPS) is 24.5. The third kappa shape index (κ3) is 4.05.